The molecule has 1 aromatic heterocycles. The largest absolute Gasteiger partial charge is 0.342 e. The van der Waals surface area contributed by atoms with E-state index in [2.05, 4.69) is 9.97 Å². The molecule has 0 unspecified atom stereocenters. The number of H-pyrrole nitrogens is 1. The van der Waals surface area contributed by atoms with Crippen LogP contribution in [0.4, 0.5) is 4.39 Å². The lowest BCUT2D eigenvalue weighted by Gasteiger charge is -2.23. The Balaban J connectivity index is 0.00000106. The lowest BCUT2D eigenvalue weighted by atomic mass is 9.83. The molecule has 1 N–H and O–H groups in total. The Labute approximate surface area is 126 Å². The Morgan fingerprint density at radius 2 is 1.71 bits per heavy atom. The van der Waals surface area contributed by atoms with Crippen LogP contribution >= 0.6 is 0 Å². The second-order valence-electron chi connectivity index (χ2n) is 5.07. The van der Waals surface area contributed by atoms with Gasteiger partial charge >= 0.3 is 0 Å². The molecule has 0 aliphatic rings. The quantitative estimate of drug-likeness (QED) is 0.900. The van der Waals surface area contributed by atoms with Crippen molar-refractivity contribution in [3.63, 3.8) is 0 Å². The molecule has 2 nitrogen and oxygen atoms in total. The van der Waals surface area contributed by atoms with E-state index < -0.39 is 5.41 Å². The Morgan fingerprint density at radius 1 is 1.10 bits per heavy atom. The number of nitrogens with one attached hydrogen (secondary N) is 1. The van der Waals surface area contributed by atoms with E-state index in [4.69, 9.17) is 0 Å². The van der Waals surface area contributed by atoms with Crippen molar-refractivity contribution in [1.29, 1.82) is 0 Å². The van der Waals surface area contributed by atoms with Gasteiger partial charge in [0.05, 0.1) is 16.1 Å². The summed E-state index contributed by atoms with van der Waals surface area (Å²) in [4.78, 5) is 7.86. The molecule has 114 valence electrons. The molecule has 0 atom stereocenters. The molecule has 1 aromatic carbocycles. The second-order valence-corrected chi connectivity index (χ2v) is 5.07. The lowest BCUT2D eigenvalue weighted by Crippen LogP contribution is -2.23. The van der Waals surface area contributed by atoms with Crippen LogP contribution in [0, 0.1) is 5.82 Å². The fourth-order valence-electron chi connectivity index (χ4n) is 2.23. The summed E-state index contributed by atoms with van der Waals surface area (Å²) in [5.74, 6) is 0.576. The van der Waals surface area contributed by atoms with Crippen molar-refractivity contribution in [3.05, 3.63) is 52.2 Å². The van der Waals surface area contributed by atoms with Gasteiger partial charge in [-0.3, -0.25) is 0 Å². The maximum atomic E-state index is 14.0. The molecule has 0 saturated heterocycles. The highest BCUT2D eigenvalue weighted by Gasteiger charge is 2.28. The van der Waals surface area contributed by atoms with E-state index in [0.29, 0.717) is 5.56 Å². The molecule has 0 aliphatic carbocycles. The minimum atomic E-state index is -0.496. The number of imidazole rings is 1. The average Bonchev–Trinajstić information content (AvgIpc) is 2.93. The molecule has 2 aromatic rings. The number of halogens is 1. The minimum absolute atomic E-state index is 0.201. The van der Waals surface area contributed by atoms with E-state index in [1.54, 1.807) is 6.07 Å². The number of aromatic amines is 1. The van der Waals surface area contributed by atoms with Crippen LogP contribution < -0.4 is 10.7 Å². The summed E-state index contributed by atoms with van der Waals surface area (Å²) in [5.41, 5.74) is 0.152. The Hall–Kier alpha value is -1.90. The van der Waals surface area contributed by atoms with Crippen LogP contribution in [-0.2, 0) is 5.41 Å². The fourth-order valence-corrected chi connectivity index (χ4v) is 2.23. The summed E-state index contributed by atoms with van der Waals surface area (Å²) in [6.45, 7) is 11.9. The molecule has 1 heterocycles. The minimum Gasteiger partial charge on any atom is -0.342 e. The SMILES string of the molecule is C/C=c1/nc(C(C)(C)c2ccccc2F)[nH]/c1=C/C.CC. The predicted octanol–water partition coefficient (Wildman–Crippen LogP) is 3.50. The smallest absolute Gasteiger partial charge is 0.127 e. The molecule has 0 aliphatic heterocycles. The van der Waals surface area contributed by atoms with Gasteiger partial charge in [0.25, 0.3) is 0 Å². The van der Waals surface area contributed by atoms with Crippen LogP contribution in [0.5, 0.6) is 0 Å². The molecular formula is C18H25FN2. The number of benzene rings is 1. The van der Waals surface area contributed by atoms with Crippen molar-refractivity contribution >= 4 is 12.2 Å². The molecule has 2 rings (SSSR count). The zero-order valence-corrected chi connectivity index (χ0v) is 13.8. The van der Waals surface area contributed by atoms with Gasteiger partial charge in [-0.1, -0.05) is 44.2 Å². The summed E-state index contributed by atoms with van der Waals surface area (Å²) in [6.07, 6.45) is 3.93. The number of nitrogens with zero attached hydrogens (tertiary/aromatic N) is 1. The van der Waals surface area contributed by atoms with E-state index in [1.807, 2.05) is 65.8 Å². The summed E-state index contributed by atoms with van der Waals surface area (Å²) in [7, 11) is 0. The van der Waals surface area contributed by atoms with Crippen molar-refractivity contribution in [2.24, 2.45) is 0 Å². The zero-order chi connectivity index (χ0) is 16.0. The van der Waals surface area contributed by atoms with Crippen molar-refractivity contribution in [2.45, 2.75) is 47.0 Å². The Bertz CT molecular complexity index is 665. The normalized spacial score (nSPS) is 13.1. The highest BCUT2D eigenvalue weighted by Crippen LogP contribution is 2.29. The highest BCUT2D eigenvalue weighted by molar-refractivity contribution is 5.33. The number of hydrogen-bond acceptors (Lipinski definition) is 1. The average molecular weight is 288 g/mol. The third-order valence-electron chi connectivity index (χ3n) is 3.46. The van der Waals surface area contributed by atoms with Gasteiger partial charge < -0.3 is 4.98 Å². The number of hydrogen-bond donors (Lipinski definition) is 1. The van der Waals surface area contributed by atoms with Gasteiger partial charge in [-0.05, 0) is 33.8 Å². The van der Waals surface area contributed by atoms with Gasteiger partial charge in [0, 0.05) is 5.56 Å². The number of aromatic nitrogens is 2. The van der Waals surface area contributed by atoms with Crippen LogP contribution in [-0.4, -0.2) is 9.97 Å². The van der Waals surface area contributed by atoms with E-state index in [9.17, 15) is 4.39 Å². The molecule has 0 saturated carbocycles. The van der Waals surface area contributed by atoms with Crippen LogP contribution in [0.1, 0.15) is 52.9 Å². The second kappa shape index (κ2) is 7.21. The van der Waals surface area contributed by atoms with Gasteiger partial charge in [0.2, 0.25) is 0 Å². The Kier molecular flexibility index (Phi) is 5.89. The third-order valence-corrected chi connectivity index (χ3v) is 3.46. The van der Waals surface area contributed by atoms with Gasteiger partial charge in [-0.2, -0.15) is 0 Å². The van der Waals surface area contributed by atoms with Gasteiger partial charge in [-0.15, -0.1) is 0 Å². The molecule has 0 bridgehead atoms. The van der Waals surface area contributed by atoms with E-state index >= 15 is 0 Å². The van der Waals surface area contributed by atoms with E-state index in [0.717, 1.165) is 16.5 Å². The van der Waals surface area contributed by atoms with Crippen LogP contribution in [0.3, 0.4) is 0 Å². The van der Waals surface area contributed by atoms with E-state index in [-0.39, 0.29) is 5.82 Å². The van der Waals surface area contributed by atoms with Crippen molar-refractivity contribution in [2.75, 3.05) is 0 Å². The standard InChI is InChI=1S/C16H19FN2.C2H6/c1-5-13-14(6-2)19-15(18-13)16(3,4)11-9-7-8-10-12(11)17;1-2/h5-10H,1-4H3,(H,18,19);1-2H3/b13-5+,14-6+;. The number of rotatable bonds is 2. The van der Waals surface area contributed by atoms with Crippen molar-refractivity contribution in [1.82, 2.24) is 9.97 Å². The molecule has 0 fully saturated rings. The Morgan fingerprint density at radius 3 is 2.19 bits per heavy atom. The first-order valence-electron chi connectivity index (χ1n) is 7.45. The molecule has 3 heteroatoms. The van der Waals surface area contributed by atoms with Gasteiger partial charge in [0.1, 0.15) is 11.6 Å². The summed E-state index contributed by atoms with van der Waals surface area (Å²) < 4.78 is 14.0. The summed E-state index contributed by atoms with van der Waals surface area (Å²) in [6, 6.07) is 6.85. The first kappa shape index (κ1) is 17.2. The van der Waals surface area contributed by atoms with Crippen LogP contribution in [0.2, 0.25) is 0 Å². The third kappa shape index (κ3) is 3.41. The molecule has 21 heavy (non-hydrogen) atoms. The van der Waals surface area contributed by atoms with Crippen molar-refractivity contribution < 1.29 is 4.39 Å². The monoisotopic (exact) mass is 288 g/mol. The summed E-state index contributed by atoms with van der Waals surface area (Å²) in [5, 5.41) is 1.88. The van der Waals surface area contributed by atoms with Crippen molar-refractivity contribution in [3.8, 4) is 0 Å². The summed E-state index contributed by atoms with van der Waals surface area (Å²) >= 11 is 0. The molecular weight excluding hydrogens is 263 g/mol. The zero-order valence-electron chi connectivity index (χ0n) is 13.8. The lowest BCUT2D eigenvalue weighted by molar-refractivity contribution is 0.529. The molecule has 0 amide bonds. The molecule has 0 radical (unpaired) electrons. The highest BCUT2D eigenvalue weighted by atomic mass is 19.1. The fraction of sp³-hybridized carbons (Fsp3) is 0.389. The van der Waals surface area contributed by atoms with Crippen LogP contribution in [0.25, 0.3) is 12.2 Å². The predicted molar refractivity (Wildman–Crippen MR) is 88.0 cm³/mol. The maximum absolute atomic E-state index is 14.0. The van der Waals surface area contributed by atoms with Crippen LogP contribution in [0.15, 0.2) is 24.3 Å². The topological polar surface area (TPSA) is 28.7 Å². The molecule has 0 spiro atoms. The first-order chi connectivity index (χ1) is 10.0. The van der Waals surface area contributed by atoms with Gasteiger partial charge in [0.15, 0.2) is 0 Å². The van der Waals surface area contributed by atoms with E-state index in [1.165, 1.54) is 6.07 Å². The van der Waals surface area contributed by atoms with Gasteiger partial charge in [-0.25, -0.2) is 9.37 Å². The maximum Gasteiger partial charge on any atom is 0.127 e. The first-order valence-corrected chi connectivity index (χ1v) is 7.45.